The van der Waals surface area contributed by atoms with Crippen LogP contribution in [0.5, 0.6) is 11.5 Å². The highest BCUT2D eigenvalue weighted by Gasteiger charge is 2.45. The van der Waals surface area contributed by atoms with Gasteiger partial charge in [-0.3, -0.25) is 34.2 Å². The lowest BCUT2D eigenvalue weighted by atomic mass is 10.0. The van der Waals surface area contributed by atoms with Gasteiger partial charge in [0.15, 0.2) is 11.5 Å². The van der Waals surface area contributed by atoms with E-state index in [0.29, 0.717) is 24.3 Å². The molecular formula is C28H33N5O7. The van der Waals surface area contributed by atoms with E-state index >= 15 is 0 Å². The monoisotopic (exact) mass is 551 g/mol. The molecule has 2 atom stereocenters. The van der Waals surface area contributed by atoms with Gasteiger partial charge in [-0.1, -0.05) is 25.0 Å². The minimum Gasteiger partial charge on any atom is -0.504 e. The van der Waals surface area contributed by atoms with E-state index in [-0.39, 0.29) is 47.8 Å². The Kier molecular flexibility index (Phi) is 9.00. The number of piperidine rings is 1. The summed E-state index contributed by atoms with van der Waals surface area (Å²) >= 11 is 0. The Labute approximate surface area is 230 Å². The van der Waals surface area contributed by atoms with Gasteiger partial charge in [-0.15, -0.1) is 0 Å². The first-order valence-corrected chi connectivity index (χ1v) is 13.3. The summed E-state index contributed by atoms with van der Waals surface area (Å²) in [4.78, 5) is 63.0. The summed E-state index contributed by atoms with van der Waals surface area (Å²) in [5, 5.41) is 27.2. The second kappa shape index (κ2) is 12.6. The predicted molar refractivity (Wildman–Crippen MR) is 145 cm³/mol. The van der Waals surface area contributed by atoms with Gasteiger partial charge in [-0.2, -0.15) is 0 Å². The number of aromatic hydroxyl groups is 2. The molecule has 5 amide bonds. The Hall–Kier alpha value is -4.45. The Morgan fingerprint density at radius 2 is 1.75 bits per heavy atom. The molecule has 2 heterocycles. The number of carbonyl (C=O) groups excluding carboxylic acids is 5. The fraction of sp³-hybridized carbons (Fsp3) is 0.393. The van der Waals surface area contributed by atoms with Crippen molar-refractivity contribution in [2.75, 3.05) is 18.4 Å². The van der Waals surface area contributed by atoms with Crippen LogP contribution in [0.4, 0.5) is 5.69 Å². The molecule has 12 nitrogen and oxygen atoms in total. The topological polar surface area (TPSA) is 191 Å². The highest BCUT2D eigenvalue weighted by molar-refractivity contribution is 6.25. The molecule has 2 aliphatic heterocycles. The van der Waals surface area contributed by atoms with Gasteiger partial charge in [0.25, 0.3) is 11.8 Å². The van der Waals surface area contributed by atoms with Crippen LogP contribution in [0.15, 0.2) is 36.4 Å². The zero-order chi connectivity index (χ0) is 28.8. The SMILES string of the molecule is NC(Cc1ccc(O)c(O)c1)C(=O)NCCCCCCNc1cccc2c1C(=O)N(C1CCC(=O)NC1=O)C2=O. The summed E-state index contributed by atoms with van der Waals surface area (Å²) in [5.74, 6) is -2.93. The number of imide groups is 2. The number of fused-ring (bicyclic) bond motifs is 1. The number of anilines is 1. The second-order valence-electron chi connectivity index (χ2n) is 9.94. The van der Waals surface area contributed by atoms with E-state index in [4.69, 9.17) is 5.73 Å². The van der Waals surface area contributed by atoms with Crippen LogP contribution in [0, 0.1) is 0 Å². The van der Waals surface area contributed by atoms with Gasteiger partial charge in [-0.05, 0) is 55.5 Å². The van der Waals surface area contributed by atoms with Crippen molar-refractivity contribution in [3.05, 3.63) is 53.1 Å². The minimum atomic E-state index is -1.01. The molecule has 1 saturated heterocycles. The molecule has 0 aliphatic carbocycles. The van der Waals surface area contributed by atoms with Crippen molar-refractivity contribution in [3.8, 4) is 11.5 Å². The molecule has 40 heavy (non-hydrogen) atoms. The number of nitrogens with one attached hydrogen (secondary N) is 3. The highest BCUT2D eigenvalue weighted by Crippen LogP contribution is 2.32. The maximum Gasteiger partial charge on any atom is 0.264 e. The molecule has 0 radical (unpaired) electrons. The summed E-state index contributed by atoms with van der Waals surface area (Å²) in [5.41, 5.74) is 7.58. The van der Waals surface area contributed by atoms with Crippen LogP contribution in [0.1, 0.15) is 64.8 Å². The van der Waals surface area contributed by atoms with Crippen LogP contribution in [-0.4, -0.2) is 69.8 Å². The number of carbonyl (C=O) groups is 5. The second-order valence-corrected chi connectivity index (χ2v) is 9.94. The van der Waals surface area contributed by atoms with E-state index in [0.717, 1.165) is 30.6 Å². The third-order valence-corrected chi connectivity index (χ3v) is 7.02. The van der Waals surface area contributed by atoms with E-state index in [1.165, 1.54) is 12.1 Å². The molecule has 0 bridgehead atoms. The molecule has 0 saturated carbocycles. The van der Waals surface area contributed by atoms with Crippen molar-refractivity contribution in [3.63, 3.8) is 0 Å². The van der Waals surface area contributed by atoms with Crippen molar-refractivity contribution < 1.29 is 34.2 Å². The largest absolute Gasteiger partial charge is 0.504 e. The molecule has 12 heteroatoms. The zero-order valence-corrected chi connectivity index (χ0v) is 21.9. The number of nitrogens with zero attached hydrogens (tertiary/aromatic N) is 1. The molecule has 0 aromatic heterocycles. The van der Waals surface area contributed by atoms with Crippen molar-refractivity contribution >= 4 is 35.2 Å². The Morgan fingerprint density at radius 3 is 2.48 bits per heavy atom. The van der Waals surface area contributed by atoms with Crippen LogP contribution in [-0.2, 0) is 20.8 Å². The number of unbranched alkanes of at least 4 members (excludes halogenated alkanes) is 3. The normalized spacial score (nSPS) is 17.4. The van der Waals surface area contributed by atoms with E-state index < -0.39 is 35.7 Å². The van der Waals surface area contributed by atoms with Crippen LogP contribution in [0.25, 0.3) is 0 Å². The van der Waals surface area contributed by atoms with Gasteiger partial charge < -0.3 is 26.6 Å². The molecular weight excluding hydrogens is 518 g/mol. The molecule has 7 N–H and O–H groups in total. The average molecular weight is 552 g/mol. The summed E-state index contributed by atoms with van der Waals surface area (Å²) in [7, 11) is 0. The maximum atomic E-state index is 13.1. The standard InChI is InChI=1S/C28H33N5O7/c29-18(14-16-8-10-21(34)22(35)15-16)25(37)31-13-4-2-1-3-12-30-19-7-5-6-17-24(19)28(40)33(27(17)39)20-9-11-23(36)32-26(20)38/h5-8,10,15,18,20,30,34-35H,1-4,9,11-14,29H2,(H,31,37)(H,32,36,38). The lowest BCUT2D eigenvalue weighted by Crippen LogP contribution is -2.54. The van der Waals surface area contributed by atoms with E-state index in [2.05, 4.69) is 16.0 Å². The minimum absolute atomic E-state index is 0.0661. The summed E-state index contributed by atoms with van der Waals surface area (Å²) in [6.07, 6.45) is 3.68. The van der Waals surface area contributed by atoms with Gasteiger partial charge in [-0.25, -0.2) is 0 Å². The molecule has 0 spiro atoms. The molecule has 2 aliphatic rings. The first kappa shape index (κ1) is 28.6. The number of rotatable bonds is 12. The number of benzene rings is 2. The Morgan fingerprint density at radius 1 is 1.00 bits per heavy atom. The number of hydrogen-bond donors (Lipinski definition) is 6. The first-order chi connectivity index (χ1) is 19.2. The van der Waals surface area contributed by atoms with Crippen LogP contribution < -0.4 is 21.7 Å². The van der Waals surface area contributed by atoms with Crippen LogP contribution in [0.2, 0.25) is 0 Å². The molecule has 212 valence electrons. The lowest BCUT2D eigenvalue weighted by Gasteiger charge is -2.27. The van der Waals surface area contributed by atoms with Gasteiger partial charge >= 0.3 is 0 Å². The van der Waals surface area contributed by atoms with Crippen molar-refractivity contribution in [2.24, 2.45) is 5.73 Å². The Balaban J connectivity index is 1.17. The maximum absolute atomic E-state index is 13.1. The predicted octanol–water partition coefficient (Wildman–Crippen LogP) is 1.16. The lowest BCUT2D eigenvalue weighted by molar-refractivity contribution is -0.136. The number of hydrogen-bond acceptors (Lipinski definition) is 9. The third kappa shape index (κ3) is 6.40. The summed E-state index contributed by atoms with van der Waals surface area (Å²) < 4.78 is 0. The number of phenolic OH excluding ortho intramolecular Hbond substituents is 2. The zero-order valence-electron chi connectivity index (χ0n) is 21.9. The van der Waals surface area contributed by atoms with Crippen LogP contribution in [0.3, 0.4) is 0 Å². The van der Waals surface area contributed by atoms with E-state index in [1.54, 1.807) is 24.3 Å². The number of amides is 5. The van der Waals surface area contributed by atoms with Gasteiger partial charge in [0.1, 0.15) is 6.04 Å². The average Bonchev–Trinajstić information content (AvgIpc) is 3.17. The van der Waals surface area contributed by atoms with E-state index in [1.807, 2.05) is 0 Å². The quantitative estimate of drug-likeness (QED) is 0.128. The number of phenols is 2. The highest BCUT2D eigenvalue weighted by atomic mass is 16.3. The molecule has 2 aromatic carbocycles. The smallest absolute Gasteiger partial charge is 0.264 e. The fourth-order valence-electron chi connectivity index (χ4n) is 4.87. The molecule has 1 fully saturated rings. The Bertz CT molecular complexity index is 1330. The number of nitrogens with two attached hydrogens (primary N) is 1. The molecule has 4 rings (SSSR count). The summed E-state index contributed by atoms with van der Waals surface area (Å²) in [6.45, 7) is 1.03. The van der Waals surface area contributed by atoms with Crippen molar-refractivity contribution in [2.45, 2.75) is 57.0 Å². The molecule has 2 unspecified atom stereocenters. The first-order valence-electron chi connectivity index (χ1n) is 13.3. The van der Waals surface area contributed by atoms with Gasteiger partial charge in [0.05, 0.1) is 17.2 Å². The summed E-state index contributed by atoms with van der Waals surface area (Å²) in [6, 6.07) is 7.50. The van der Waals surface area contributed by atoms with Gasteiger partial charge in [0, 0.05) is 25.2 Å². The fourth-order valence-corrected chi connectivity index (χ4v) is 4.87. The van der Waals surface area contributed by atoms with Gasteiger partial charge in [0.2, 0.25) is 17.7 Å². The third-order valence-electron chi connectivity index (χ3n) is 7.02. The van der Waals surface area contributed by atoms with Crippen LogP contribution >= 0.6 is 0 Å². The van der Waals surface area contributed by atoms with Crippen molar-refractivity contribution in [1.82, 2.24) is 15.5 Å². The molecule has 2 aromatic rings. The van der Waals surface area contributed by atoms with Crippen molar-refractivity contribution in [1.29, 1.82) is 0 Å². The van der Waals surface area contributed by atoms with E-state index in [9.17, 15) is 34.2 Å².